The third kappa shape index (κ3) is 7.73. The van der Waals surface area contributed by atoms with Crippen LogP contribution >= 0.6 is 0 Å². The highest BCUT2D eigenvalue weighted by molar-refractivity contribution is 5.98. The molecule has 10 nitrogen and oxygen atoms in total. The van der Waals surface area contributed by atoms with Gasteiger partial charge in [0.15, 0.2) is 0 Å². The minimum Gasteiger partial charge on any atom is -0.497 e. The van der Waals surface area contributed by atoms with Crippen molar-refractivity contribution in [3.8, 4) is 11.5 Å². The van der Waals surface area contributed by atoms with E-state index in [1.165, 1.54) is 44.7 Å². The first-order valence-electron chi connectivity index (χ1n) is 9.79. The highest BCUT2D eigenvalue weighted by Crippen LogP contribution is 2.21. The number of hydrogen-bond acceptors (Lipinski definition) is 7. The zero-order chi connectivity index (χ0) is 23.3. The molecule has 3 amide bonds. The number of rotatable bonds is 11. The molecule has 10 heteroatoms. The predicted molar refractivity (Wildman–Crippen MR) is 118 cm³/mol. The summed E-state index contributed by atoms with van der Waals surface area (Å²) < 4.78 is 10.4. The minimum absolute atomic E-state index is 0.101. The van der Waals surface area contributed by atoms with Crippen LogP contribution in [-0.2, 0) is 4.79 Å². The van der Waals surface area contributed by atoms with Gasteiger partial charge in [-0.25, -0.2) is 5.43 Å². The lowest BCUT2D eigenvalue weighted by Crippen LogP contribution is -2.32. The van der Waals surface area contributed by atoms with Crippen molar-refractivity contribution in [2.75, 3.05) is 33.9 Å². The molecule has 2 aromatic carbocycles. The second-order valence-electron chi connectivity index (χ2n) is 6.50. The van der Waals surface area contributed by atoms with E-state index < -0.39 is 5.91 Å². The number of hydrazone groups is 1. The van der Waals surface area contributed by atoms with Gasteiger partial charge in [-0.15, -0.1) is 0 Å². The fourth-order valence-corrected chi connectivity index (χ4v) is 2.58. The van der Waals surface area contributed by atoms with Crippen LogP contribution in [0.1, 0.15) is 32.7 Å². The molecule has 0 spiro atoms. The van der Waals surface area contributed by atoms with Gasteiger partial charge in [0, 0.05) is 42.3 Å². The number of benzene rings is 2. The van der Waals surface area contributed by atoms with Crippen LogP contribution in [0.25, 0.3) is 0 Å². The fraction of sp³-hybridized carbons (Fsp3) is 0.273. The van der Waals surface area contributed by atoms with E-state index in [9.17, 15) is 14.4 Å². The molecule has 0 saturated heterocycles. The number of carbonyl (C=O) groups is 3. The zero-order valence-corrected chi connectivity index (χ0v) is 17.9. The Morgan fingerprint density at radius 1 is 0.906 bits per heavy atom. The van der Waals surface area contributed by atoms with E-state index in [-0.39, 0.29) is 37.9 Å². The largest absolute Gasteiger partial charge is 0.497 e. The average Bonchev–Trinajstić information content (AvgIpc) is 2.82. The number of aliphatic hydroxyl groups excluding tert-OH is 1. The van der Waals surface area contributed by atoms with E-state index in [4.69, 9.17) is 14.6 Å². The SMILES string of the molecule is COc1cc(/C=N/NC(=O)c2ccc(C(=O)NCCC(=O)NCCO)cc2)cc(OC)c1. The first-order chi connectivity index (χ1) is 15.5. The van der Waals surface area contributed by atoms with Gasteiger partial charge in [-0.2, -0.15) is 5.10 Å². The van der Waals surface area contributed by atoms with Crippen molar-refractivity contribution >= 4 is 23.9 Å². The maximum atomic E-state index is 12.3. The molecule has 0 aliphatic carbocycles. The lowest BCUT2D eigenvalue weighted by molar-refractivity contribution is -0.121. The predicted octanol–water partition coefficient (Wildman–Crippen LogP) is 0.696. The topological polar surface area (TPSA) is 138 Å². The van der Waals surface area contributed by atoms with Gasteiger partial charge in [0.2, 0.25) is 5.91 Å². The molecule has 2 rings (SSSR count). The normalized spacial score (nSPS) is 10.5. The standard InChI is InChI=1S/C22H26N4O6/c1-31-18-11-15(12-19(13-18)32-2)14-25-26-22(30)17-5-3-16(4-6-17)21(29)24-8-7-20(28)23-9-10-27/h3-6,11-14,27H,7-10H2,1-2H3,(H,23,28)(H,24,29)(H,26,30)/b25-14+. The van der Waals surface area contributed by atoms with E-state index in [1.54, 1.807) is 18.2 Å². The van der Waals surface area contributed by atoms with E-state index in [0.29, 0.717) is 28.2 Å². The maximum Gasteiger partial charge on any atom is 0.271 e. The summed E-state index contributed by atoms with van der Waals surface area (Å²) >= 11 is 0. The molecule has 0 heterocycles. The Morgan fingerprint density at radius 3 is 2.06 bits per heavy atom. The van der Waals surface area contributed by atoms with Crippen molar-refractivity contribution in [3.05, 3.63) is 59.2 Å². The lowest BCUT2D eigenvalue weighted by atomic mass is 10.1. The molecule has 0 unspecified atom stereocenters. The Bertz CT molecular complexity index is 937. The third-order valence-corrected chi connectivity index (χ3v) is 4.23. The highest BCUT2D eigenvalue weighted by atomic mass is 16.5. The van der Waals surface area contributed by atoms with Gasteiger partial charge < -0.3 is 25.2 Å². The summed E-state index contributed by atoms with van der Waals surface area (Å²) in [6.45, 7) is 0.190. The number of nitrogens with one attached hydrogen (secondary N) is 3. The molecule has 4 N–H and O–H groups in total. The van der Waals surface area contributed by atoms with Crippen LogP contribution in [0, 0.1) is 0 Å². The Hall–Kier alpha value is -3.92. The number of amides is 3. The first kappa shape index (κ1) is 24.4. The quantitative estimate of drug-likeness (QED) is 0.298. The molecular weight excluding hydrogens is 416 g/mol. The Morgan fingerprint density at radius 2 is 1.50 bits per heavy atom. The monoisotopic (exact) mass is 442 g/mol. The molecule has 0 atom stereocenters. The smallest absolute Gasteiger partial charge is 0.271 e. The van der Waals surface area contributed by atoms with Crippen LogP contribution in [0.2, 0.25) is 0 Å². The minimum atomic E-state index is -0.441. The van der Waals surface area contributed by atoms with Gasteiger partial charge in [0.05, 0.1) is 27.0 Å². The maximum absolute atomic E-state index is 12.3. The number of nitrogens with zero attached hydrogens (tertiary/aromatic N) is 1. The van der Waals surface area contributed by atoms with E-state index >= 15 is 0 Å². The van der Waals surface area contributed by atoms with E-state index in [0.717, 1.165) is 0 Å². The number of hydrogen-bond donors (Lipinski definition) is 4. The van der Waals surface area contributed by atoms with E-state index in [2.05, 4.69) is 21.2 Å². The van der Waals surface area contributed by atoms with Crippen molar-refractivity contribution in [3.63, 3.8) is 0 Å². The summed E-state index contributed by atoms with van der Waals surface area (Å²) in [5.74, 6) is 0.119. The molecule has 0 aliphatic heterocycles. The molecule has 32 heavy (non-hydrogen) atoms. The van der Waals surface area contributed by atoms with Crippen LogP contribution < -0.4 is 25.5 Å². The van der Waals surface area contributed by atoms with Crippen molar-refractivity contribution in [1.82, 2.24) is 16.1 Å². The third-order valence-electron chi connectivity index (χ3n) is 4.23. The molecule has 0 bridgehead atoms. The van der Waals surface area contributed by atoms with Gasteiger partial charge in [0.25, 0.3) is 11.8 Å². The van der Waals surface area contributed by atoms with Gasteiger partial charge >= 0.3 is 0 Å². The second-order valence-corrected chi connectivity index (χ2v) is 6.50. The highest BCUT2D eigenvalue weighted by Gasteiger charge is 2.09. The summed E-state index contributed by atoms with van der Waals surface area (Å²) in [5.41, 5.74) is 3.78. The molecular formula is C22H26N4O6. The van der Waals surface area contributed by atoms with Gasteiger partial charge in [0.1, 0.15) is 11.5 Å². The van der Waals surface area contributed by atoms with Crippen molar-refractivity contribution in [1.29, 1.82) is 0 Å². The van der Waals surface area contributed by atoms with Crippen molar-refractivity contribution < 1.29 is 29.0 Å². The van der Waals surface area contributed by atoms with Crippen LogP contribution in [0.5, 0.6) is 11.5 Å². The number of methoxy groups -OCH3 is 2. The zero-order valence-electron chi connectivity index (χ0n) is 17.9. The summed E-state index contributed by atoms with van der Waals surface area (Å²) in [6, 6.07) is 11.2. The molecule has 0 aliphatic rings. The number of aliphatic hydroxyl groups is 1. The lowest BCUT2D eigenvalue weighted by Gasteiger charge is -2.07. The van der Waals surface area contributed by atoms with Gasteiger partial charge in [-0.05, 0) is 36.4 Å². The number of ether oxygens (including phenoxy) is 2. The Labute approximate surface area is 185 Å². The molecule has 0 aromatic heterocycles. The van der Waals surface area contributed by atoms with Crippen LogP contribution in [-0.4, -0.2) is 63.0 Å². The molecule has 2 aromatic rings. The summed E-state index contributed by atoms with van der Waals surface area (Å²) in [6.07, 6.45) is 1.56. The molecule has 0 fully saturated rings. The van der Waals surface area contributed by atoms with Crippen LogP contribution in [0.4, 0.5) is 0 Å². The van der Waals surface area contributed by atoms with E-state index in [1.807, 2.05) is 0 Å². The van der Waals surface area contributed by atoms with Gasteiger partial charge in [-0.3, -0.25) is 14.4 Å². The summed E-state index contributed by atoms with van der Waals surface area (Å²) in [7, 11) is 3.08. The molecule has 0 saturated carbocycles. The van der Waals surface area contributed by atoms with Crippen LogP contribution in [0.15, 0.2) is 47.6 Å². The fourth-order valence-electron chi connectivity index (χ4n) is 2.58. The molecule has 0 radical (unpaired) electrons. The molecule has 170 valence electrons. The second kappa shape index (κ2) is 12.7. The van der Waals surface area contributed by atoms with Crippen LogP contribution in [0.3, 0.4) is 0 Å². The Balaban J connectivity index is 1.87. The summed E-state index contributed by atoms with van der Waals surface area (Å²) in [4.78, 5) is 35.8. The summed E-state index contributed by atoms with van der Waals surface area (Å²) in [5, 5.41) is 17.7. The van der Waals surface area contributed by atoms with Crippen molar-refractivity contribution in [2.24, 2.45) is 5.10 Å². The number of carbonyl (C=O) groups excluding carboxylic acids is 3. The average molecular weight is 442 g/mol. The van der Waals surface area contributed by atoms with Crippen molar-refractivity contribution in [2.45, 2.75) is 6.42 Å². The first-order valence-corrected chi connectivity index (χ1v) is 9.79. The Kier molecular flexibility index (Phi) is 9.67. The van der Waals surface area contributed by atoms with Gasteiger partial charge in [-0.1, -0.05) is 0 Å².